The van der Waals surface area contributed by atoms with Crippen molar-refractivity contribution < 1.29 is 22.8 Å². The molecule has 3 amide bonds. The summed E-state index contributed by atoms with van der Waals surface area (Å²) < 4.78 is 41.0. The van der Waals surface area contributed by atoms with Crippen molar-refractivity contribution >= 4 is 23.3 Å². The van der Waals surface area contributed by atoms with Gasteiger partial charge in [0.2, 0.25) is 0 Å². The predicted molar refractivity (Wildman–Crippen MR) is 127 cm³/mol. The molecule has 184 valence electrons. The molecule has 1 atom stereocenters. The monoisotopic (exact) mass is 494 g/mol. The molecule has 0 radical (unpaired) electrons. The van der Waals surface area contributed by atoms with Gasteiger partial charge in [0.25, 0.3) is 5.91 Å². The lowest BCUT2D eigenvalue weighted by Gasteiger charge is -2.39. The minimum Gasteiger partial charge on any atom is -0.348 e. The average molecular weight is 494 g/mol. The molecule has 4 rings (SSSR count). The molecular formula is C25H21F3N6O2. The zero-order valence-electron chi connectivity index (χ0n) is 19.4. The van der Waals surface area contributed by atoms with Crippen molar-refractivity contribution in [2.45, 2.75) is 26.1 Å². The molecule has 1 aliphatic rings. The van der Waals surface area contributed by atoms with Gasteiger partial charge < -0.3 is 10.2 Å². The number of azide groups is 1. The first-order valence-corrected chi connectivity index (χ1v) is 10.9. The Labute approximate surface area is 204 Å². The van der Waals surface area contributed by atoms with E-state index in [4.69, 9.17) is 5.53 Å². The summed E-state index contributed by atoms with van der Waals surface area (Å²) in [5.41, 5.74) is 10.8. The number of benzene rings is 3. The SMILES string of the molecule is CC1c2ccc(C(=O)NCc3c(F)cc(F)cc3F)cc2N(Cc2ccc(N=[N+]=[N-])cc2)C(=O)N1C. The van der Waals surface area contributed by atoms with E-state index in [9.17, 15) is 22.8 Å². The molecule has 0 aliphatic carbocycles. The second-order valence-corrected chi connectivity index (χ2v) is 8.32. The maximum absolute atomic E-state index is 13.9. The van der Waals surface area contributed by atoms with Crippen LogP contribution < -0.4 is 10.2 Å². The van der Waals surface area contributed by atoms with Crippen LogP contribution in [0, 0.1) is 17.5 Å². The van der Waals surface area contributed by atoms with Crippen molar-refractivity contribution in [3.8, 4) is 0 Å². The third-order valence-corrected chi connectivity index (χ3v) is 6.12. The Morgan fingerprint density at radius 3 is 2.39 bits per heavy atom. The molecule has 1 unspecified atom stereocenters. The van der Waals surface area contributed by atoms with Crippen LogP contribution in [0.2, 0.25) is 0 Å². The quantitative estimate of drug-likeness (QED) is 0.254. The maximum Gasteiger partial charge on any atom is 0.325 e. The first-order chi connectivity index (χ1) is 17.2. The number of carbonyl (C=O) groups is 2. The Morgan fingerprint density at radius 1 is 1.08 bits per heavy atom. The number of hydrogen-bond donors (Lipinski definition) is 1. The van der Waals surface area contributed by atoms with Gasteiger partial charge in [0.05, 0.1) is 18.3 Å². The summed E-state index contributed by atoms with van der Waals surface area (Å²) in [4.78, 5) is 31.8. The number of fused-ring (bicyclic) bond motifs is 1. The fourth-order valence-corrected chi connectivity index (χ4v) is 4.01. The lowest BCUT2D eigenvalue weighted by atomic mass is 9.98. The van der Waals surface area contributed by atoms with Crippen LogP contribution in [-0.4, -0.2) is 23.9 Å². The number of carbonyl (C=O) groups excluding carboxylic acids is 2. The van der Waals surface area contributed by atoms with Crippen LogP contribution in [0.15, 0.2) is 59.7 Å². The van der Waals surface area contributed by atoms with Crippen molar-refractivity contribution in [3.63, 3.8) is 0 Å². The van der Waals surface area contributed by atoms with E-state index >= 15 is 0 Å². The molecule has 0 fully saturated rings. The summed E-state index contributed by atoms with van der Waals surface area (Å²) in [7, 11) is 1.68. The van der Waals surface area contributed by atoms with Crippen molar-refractivity contribution in [2.24, 2.45) is 5.11 Å². The Bertz CT molecular complexity index is 1370. The van der Waals surface area contributed by atoms with Crippen LogP contribution in [0.5, 0.6) is 0 Å². The van der Waals surface area contributed by atoms with Gasteiger partial charge in [-0.05, 0) is 35.7 Å². The maximum atomic E-state index is 13.9. The van der Waals surface area contributed by atoms with E-state index < -0.39 is 35.5 Å². The predicted octanol–water partition coefficient (Wildman–Crippen LogP) is 6.11. The van der Waals surface area contributed by atoms with Crippen LogP contribution >= 0.6 is 0 Å². The third kappa shape index (κ3) is 4.82. The number of halogens is 3. The van der Waals surface area contributed by atoms with E-state index in [1.807, 2.05) is 6.92 Å². The lowest BCUT2D eigenvalue weighted by molar-refractivity contribution is 0.0950. The Balaban J connectivity index is 1.61. The zero-order chi connectivity index (χ0) is 26.0. The van der Waals surface area contributed by atoms with Crippen LogP contribution in [0.4, 0.5) is 29.3 Å². The number of hydrogen-bond acceptors (Lipinski definition) is 3. The molecule has 0 spiro atoms. The van der Waals surface area contributed by atoms with Gasteiger partial charge in [0.1, 0.15) is 17.5 Å². The highest BCUT2D eigenvalue weighted by Gasteiger charge is 2.33. The molecule has 0 bridgehead atoms. The van der Waals surface area contributed by atoms with E-state index in [-0.39, 0.29) is 24.2 Å². The largest absolute Gasteiger partial charge is 0.348 e. The fraction of sp³-hybridized carbons (Fsp3) is 0.200. The number of nitrogens with zero attached hydrogens (tertiary/aromatic N) is 5. The first-order valence-electron chi connectivity index (χ1n) is 10.9. The molecule has 1 aliphatic heterocycles. The topological polar surface area (TPSA) is 101 Å². The van der Waals surface area contributed by atoms with E-state index in [0.29, 0.717) is 23.5 Å². The normalized spacial score (nSPS) is 14.8. The van der Waals surface area contributed by atoms with E-state index in [0.717, 1.165) is 11.1 Å². The van der Waals surface area contributed by atoms with Gasteiger partial charge in [-0.15, -0.1) is 0 Å². The number of amides is 3. The van der Waals surface area contributed by atoms with Gasteiger partial charge in [-0.3, -0.25) is 9.69 Å². The molecule has 36 heavy (non-hydrogen) atoms. The molecule has 0 saturated carbocycles. The van der Waals surface area contributed by atoms with Crippen LogP contribution in [0.25, 0.3) is 10.4 Å². The Kier molecular flexibility index (Phi) is 6.84. The number of nitrogens with one attached hydrogen (secondary N) is 1. The second kappa shape index (κ2) is 10.0. The van der Waals surface area contributed by atoms with Gasteiger partial charge in [-0.2, -0.15) is 0 Å². The Hall–Kier alpha value is -4.50. The molecule has 11 heteroatoms. The van der Waals surface area contributed by atoms with Gasteiger partial charge >= 0.3 is 6.03 Å². The highest BCUT2D eigenvalue weighted by molar-refractivity contribution is 5.99. The Morgan fingerprint density at radius 2 is 1.75 bits per heavy atom. The third-order valence-electron chi connectivity index (χ3n) is 6.12. The molecule has 0 aromatic heterocycles. The first kappa shape index (κ1) is 24.6. The highest BCUT2D eigenvalue weighted by Crippen LogP contribution is 2.37. The standard InChI is InChI=1S/C25H21F3N6O2/c1-14-19-8-5-16(24(35)30-12-20-21(27)10-17(26)11-22(20)28)9-23(19)34(25(36)33(14)2)13-15-3-6-18(7-4-15)31-32-29/h3-11,14H,12-13H2,1-2H3,(H,30,35). The van der Waals surface area contributed by atoms with E-state index in [1.54, 1.807) is 54.4 Å². The molecule has 3 aromatic carbocycles. The number of rotatable bonds is 6. The van der Waals surface area contributed by atoms with Crippen LogP contribution in [-0.2, 0) is 13.1 Å². The van der Waals surface area contributed by atoms with Crippen LogP contribution in [0.3, 0.4) is 0 Å². The van der Waals surface area contributed by atoms with Gasteiger partial charge in [-0.1, -0.05) is 35.4 Å². The fourth-order valence-electron chi connectivity index (χ4n) is 4.01. The molecule has 1 N–H and O–H groups in total. The van der Waals surface area contributed by atoms with Gasteiger partial charge in [0, 0.05) is 47.5 Å². The summed E-state index contributed by atoms with van der Waals surface area (Å²) in [5.74, 6) is -3.86. The minimum atomic E-state index is -1.10. The molecule has 8 nitrogen and oxygen atoms in total. The summed E-state index contributed by atoms with van der Waals surface area (Å²) in [5, 5.41) is 5.98. The average Bonchev–Trinajstić information content (AvgIpc) is 2.85. The van der Waals surface area contributed by atoms with Crippen LogP contribution in [0.1, 0.15) is 40.0 Å². The number of urea groups is 1. The summed E-state index contributed by atoms with van der Waals surface area (Å²) in [6.07, 6.45) is 0. The summed E-state index contributed by atoms with van der Waals surface area (Å²) in [6, 6.07) is 12.1. The molecule has 0 saturated heterocycles. The second-order valence-electron chi connectivity index (χ2n) is 8.32. The molecule has 1 heterocycles. The van der Waals surface area contributed by atoms with Crippen molar-refractivity contribution in [1.82, 2.24) is 10.2 Å². The van der Waals surface area contributed by atoms with E-state index in [1.165, 1.54) is 4.90 Å². The van der Waals surface area contributed by atoms with Crippen molar-refractivity contribution in [1.29, 1.82) is 0 Å². The summed E-state index contributed by atoms with van der Waals surface area (Å²) in [6.45, 7) is 1.58. The number of anilines is 1. The van der Waals surface area contributed by atoms with Gasteiger partial charge in [0.15, 0.2) is 0 Å². The smallest absolute Gasteiger partial charge is 0.325 e. The minimum absolute atomic E-state index is 0.185. The van der Waals surface area contributed by atoms with Crippen molar-refractivity contribution in [3.05, 3.63) is 105 Å². The molecule has 3 aromatic rings. The van der Waals surface area contributed by atoms with E-state index in [2.05, 4.69) is 15.3 Å². The molecular weight excluding hydrogens is 473 g/mol. The van der Waals surface area contributed by atoms with Crippen molar-refractivity contribution in [2.75, 3.05) is 11.9 Å². The lowest BCUT2D eigenvalue weighted by Crippen LogP contribution is -2.46. The summed E-state index contributed by atoms with van der Waals surface area (Å²) >= 11 is 0. The zero-order valence-corrected chi connectivity index (χ0v) is 19.4. The highest BCUT2D eigenvalue weighted by atomic mass is 19.1. The van der Waals surface area contributed by atoms with Gasteiger partial charge in [-0.25, -0.2) is 18.0 Å².